The van der Waals surface area contributed by atoms with Crippen molar-refractivity contribution in [1.29, 1.82) is 0 Å². The maximum Gasteiger partial charge on any atom is 0.242 e. The van der Waals surface area contributed by atoms with E-state index in [9.17, 15) is 8.42 Å². The summed E-state index contributed by atoms with van der Waals surface area (Å²) in [5.74, 6) is 0.411. The zero-order valence-electron chi connectivity index (χ0n) is 12.0. The van der Waals surface area contributed by atoms with E-state index in [0.717, 1.165) is 19.3 Å². The molecule has 0 aromatic carbocycles. The van der Waals surface area contributed by atoms with Crippen molar-refractivity contribution in [2.75, 3.05) is 0 Å². The van der Waals surface area contributed by atoms with Crippen LogP contribution in [0.3, 0.4) is 0 Å². The summed E-state index contributed by atoms with van der Waals surface area (Å²) in [5.41, 5.74) is 0. The lowest BCUT2D eigenvalue weighted by Crippen LogP contribution is -2.40. The molecule has 118 valence electrons. The Hall–Kier alpha value is -0.360. The molecule has 7 heteroatoms. The fraction of sp³-hybridized carbons (Fsp3) is 0.643. The lowest BCUT2D eigenvalue weighted by molar-refractivity contribution is 0.285. The van der Waals surface area contributed by atoms with Gasteiger partial charge in [-0.05, 0) is 31.2 Å². The minimum atomic E-state index is -3.62. The molecular formula is C14H20Cl2N2O2S. The minimum absolute atomic E-state index is 0.0373. The predicted octanol–water partition coefficient (Wildman–Crippen LogP) is 4.03. The largest absolute Gasteiger partial charge is 0.242 e. The van der Waals surface area contributed by atoms with E-state index < -0.39 is 10.0 Å². The van der Waals surface area contributed by atoms with Gasteiger partial charge in [0.25, 0.3) is 0 Å². The molecule has 0 spiro atoms. The molecule has 21 heavy (non-hydrogen) atoms. The van der Waals surface area contributed by atoms with E-state index in [-0.39, 0.29) is 21.1 Å². The van der Waals surface area contributed by atoms with Crippen molar-refractivity contribution in [3.8, 4) is 0 Å². The summed E-state index contributed by atoms with van der Waals surface area (Å²) in [5, 5.41) is 0.250. The van der Waals surface area contributed by atoms with Gasteiger partial charge in [-0.2, -0.15) is 0 Å². The molecule has 0 aliphatic heterocycles. The molecule has 4 nitrogen and oxygen atoms in total. The molecule has 0 bridgehead atoms. The second-order valence-electron chi connectivity index (χ2n) is 5.48. The van der Waals surface area contributed by atoms with Gasteiger partial charge in [-0.3, -0.25) is 0 Å². The minimum Gasteiger partial charge on any atom is -0.242 e. The smallest absolute Gasteiger partial charge is 0.242 e. The van der Waals surface area contributed by atoms with Crippen LogP contribution in [0.25, 0.3) is 0 Å². The van der Waals surface area contributed by atoms with Crippen molar-refractivity contribution in [1.82, 2.24) is 9.71 Å². The van der Waals surface area contributed by atoms with Crippen LogP contribution >= 0.6 is 23.2 Å². The zero-order valence-corrected chi connectivity index (χ0v) is 14.3. The summed E-state index contributed by atoms with van der Waals surface area (Å²) >= 11 is 11.6. The average molecular weight is 351 g/mol. The second kappa shape index (κ2) is 7.27. The van der Waals surface area contributed by atoms with E-state index in [1.165, 1.54) is 31.5 Å². The van der Waals surface area contributed by atoms with Gasteiger partial charge < -0.3 is 0 Å². The Morgan fingerprint density at radius 3 is 2.57 bits per heavy atom. The molecule has 1 aliphatic rings. The van der Waals surface area contributed by atoms with Crippen molar-refractivity contribution in [2.24, 2.45) is 5.92 Å². The molecular weight excluding hydrogens is 331 g/mol. The van der Waals surface area contributed by atoms with Crippen molar-refractivity contribution in [3.05, 3.63) is 22.4 Å². The first-order valence-electron chi connectivity index (χ1n) is 7.27. The highest BCUT2D eigenvalue weighted by Gasteiger charge is 2.27. The fourth-order valence-corrected chi connectivity index (χ4v) is 4.56. The van der Waals surface area contributed by atoms with Crippen LogP contribution in [0.5, 0.6) is 0 Å². The number of nitrogens with one attached hydrogen (secondary N) is 1. The molecule has 1 aliphatic carbocycles. The zero-order chi connectivity index (χ0) is 15.5. The van der Waals surface area contributed by atoms with Gasteiger partial charge in [0.05, 0.1) is 5.02 Å². The van der Waals surface area contributed by atoms with E-state index in [2.05, 4.69) is 9.71 Å². The normalized spacial score (nSPS) is 18.6. The monoisotopic (exact) mass is 350 g/mol. The lowest BCUT2D eigenvalue weighted by Gasteiger charge is -2.30. The second-order valence-corrected chi connectivity index (χ2v) is 7.96. The SMILES string of the molecule is CCC(NS(=O)(=O)c1cnc(Cl)c(Cl)c1)C1CCCCC1. The lowest BCUT2D eigenvalue weighted by atomic mass is 9.83. The number of halogens is 2. The number of hydrogen-bond donors (Lipinski definition) is 1. The number of hydrogen-bond acceptors (Lipinski definition) is 3. The summed E-state index contributed by atoms with van der Waals surface area (Å²) in [6.07, 6.45) is 7.79. The third-order valence-electron chi connectivity index (χ3n) is 4.05. The van der Waals surface area contributed by atoms with Crippen LogP contribution in [-0.4, -0.2) is 19.4 Å². The molecule has 2 rings (SSSR count). The third-order valence-corrected chi connectivity index (χ3v) is 6.19. The maximum atomic E-state index is 12.5. The standard InChI is InChI=1S/C14H20Cl2N2O2S/c1-2-13(10-6-4-3-5-7-10)18-21(19,20)11-8-12(15)14(16)17-9-11/h8-10,13,18H,2-7H2,1H3. The third kappa shape index (κ3) is 4.31. The highest BCUT2D eigenvalue weighted by atomic mass is 35.5. The molecule has 1 unspecified atom stereocenters. The van der Waals surface area contributed by atoms with Gasteiger partial charge in [0.1, 0.15) is 10.0 Å². The summed E-state index contributed by atoms with van der Waals surface area (Å²) in [4.78, 5) is 3.87. The highest BCUT2D eigenvalue weighted by Crippen LogP contribution is 2.29. The predicted molar refractivity (Wildman–Crippen MR) is 85.2 cm³/mol. The van der Waals surface area contributed by atoms with E-state index in [0.29, 0.717) is 5.92 Å². The Labute approximate surface area is 136 Å². The summed E-state index contributed by atoms with van der Waals surface area (Å²) in [6, 6.07) is 1.30. The summed E-state index contributed by atoms with van der Waals surface area (Å²) < 4.78 is 27.7. The number of sulfonamides is 1. The Morgan fingerprint density at radius 1 is 1.33 bits per heavy atom. The summed E-state index contributed by atoms with van der Waals surface area (Å²) in [7, 11) is -3.62. The van der Waals surface area contributed by atoms with Crippen LogP contribution in [0, 0.1) is 5.92 Å². The van der Waals surface area contributed by atoms with Crippen molar-refractivity contribution in [2.45, 2.75) is 56.4 Å². The van der Waals surface area contributed by atoms with Crippen LogP contribution < -0.4 is 4.72 Å². The van der Waals surface area contributed by atoms with Gasteiger partial charge in [0, 0.05) is 12.2 Å². The van der Waals surface area contributed by atoms with Gasteiger partial charge in [-0.15, -0.1) is 0 Å². The molecule has 0 radical (unpaired) electrons. The molecule has 1 fully saturated rings. The van der Waals surface area contributed by atoms with E-state index in [4.69, 9.17) is 23.2 Å². The Kier molecular flexibility index (Phi) is 5.88. The van der Waals surface area contributed by atoms with E-state index >= 15 is 0 Å². The molecule has 1 saturated carbocycles. The van der Waals surface area contributed by atoms with Crippen LogP contribution in [0.15, 0.2) is 17.2 Å². The van der Waals surface area contributed by atoms with Gasteiger partial charge in [0.15, 0.2) is 0 Å². The van der Waals surface area contributed by atoms with Gasteiger partial charge >= 0.3 is 0 Å². The van der Waals surface area contributed by atoms with Gasteiger partial charge in [-0.25, -0.2) is 18.1 Å². The fourth-order valence-electron chi connectivity index (χ4n) is 2.87. The molecule has 1 heterocycles. The molecule has 1 aromatic heterocycles. The first kappa shape index (κ1) is 17.0. The number of pyridine rings is 1. The quantitative estimate of drug-likeness (QED) is 0.815. The topological polar surface area (TPSA) is 59.1 Å². The van der Waals surface area contributed by atoms with Crippen molar-refractivity contribution < 1.29 is 8.42 Å². The van der Waals surface area contributed by atoms with Crippen LogP contribution in [0.4, 0.5) is 0 Å². The molecule has 1 aromatic rings. The number of rotatable bonds is 5. The van der Waals surface area contributed by atoms with E-state index in [1.807, 2.05) is 6.92 Å². The number of nitrogens with zero attached hydrogens (tertiary/aromatic N) is 1. The Morgan fingerprint density at radius 2 is 2.00 bits per heavy atom. The van der Waals surface area contributed by atoms with Crippen molar-refractivity contribution in [3.63, 3.8) is 0 Å². The van der Waals surface area contributed by atoms with Crippen molar-refractivity contribution >= 4 is 33.2 Å². The van der Waals surface area contributed by atoms with Crippen LogP contribution in [-0.2, 0) is 10.0 Å². The molecule has 0 saturated heterocycles. The first-order valence-corrected chi connectivity index (χ1v) is 9.51. The van der Waals surface area contributed by atoms with Crippen LogP contribution in [0.2, 0.25) is 10.2 Å². The average Bonchev–Trinajstić information content (AvgIpc) is 2.48. The highest BCUT2D eigenvalue weighted by molar-refractivity contribution is 7.89. The Bertz CT molecular complexity index is 587. The molecule has 1 atom stereocenters. The first-order chi connectivity index (χ1) is 9.94. The maximum absolute atomic E-state index is 12.5. The molecule has 1 N–H and O–H groups in total. The van der Waals surface area contributed by atoms with Gasteiger partial charge in [-0.1, -0.05) is 49.4 Å². The van der Waals surface area contributed by atoms with E-state index in [1.54, 1.807) is 0 Å². The van der Waals surface area contributed by atoms with Gasteiger partial charge in [0.2, 0.25) is 10.0 Å². The molecule has 0 amide bonds. The number of aromatic nitrogens is 1. The Balaban J connectivity index is 2.16. The summed E-state index contributed by atoms with van der Waals surface area (Å²) in [6.45, 7) is 2.01. The van der Waals surface area contributed by atoms with Crippen LogP contribution in [0.1, 0.15) is 45.4 Å².